The van der Waals surface area contributed by atoms with Crippen molar-refractivity contribution >= 4 is 10.9 Å². The molecule has 1 unspecified atom stereocenters. The first-order chi connectivity index (χ1) is 10.3. The van der Waals surface area contributed by atoms with E-state index in [0.717, 1.165) is 25.1 Å². The van der Waals surface area contributed by atoms with Crippen LogP contribution < -0.4 is 5.32 Å². The van der Waals surface area contributed by atoms with Gasteiger partial charge < -0.3 is 4.74 Å². The molecule has 1 saturated heterocycles. The SMILES string of the molecule is CCCCCCC1(c2ccc3cccnc3c2)NCCO1. The van der Waals surface area contributed by atoms with Gasteiger partial charge in [-0.15, -0.1) is 0 Å². The van der Waals surface area contributed by atoms with E-state index >= 15 is 0 Å². The van der Waals surface area contributed by atoms with Gasteiger partial charge in [-0.25, -0.2) is 0 Å². The molecule has 21 heavy (non-hydrogen) atoms. The maximum atomic E-state index is 6.12. The van der Waals surface area contributed by atoms with Crippen molar-refractivity contribution in [3.63, 3.8) is 0 Å². The number of nitrogens with zero attached hydrogens (tertiary/aromatic N) is 1. The zero-order valence-corrected chi connectivity index (χ0v) is 12.8. The van der Waals surface area contributed by atoms with Gasteiger partial charge >= 0.3 is 0 Å². The van der Waals surface area contributed by atoms with Gasteiger partial charge in [-0.3, -0.25) is 10.3 Å². The fourth-order valence-electron chi connectivity index (χ4n) is 3.14. The second kappa shape index (κ2) is 6.54. The molecule has 1 aromatic carbocycles. The van der Waals surface area contributed by atoms with Crippen LogP contribution in [0.5, 0.6) is 0 Å². The number of benzene rings is 1. The van der Waals surface area contributed by atoms with Crippen molar-refractivity contribution in [2.24, 2.45) is 0 Å². The Morgan fingerprint density at radius 2 is 2.19 bits per heavy atom. The Morgan fingerprint density at radius 1 is 1.24 bits per heavy atom. The van der Waals surface area contributed by atoms with Crippen molar-refractivity contribution in [1.29, 1.82) is 0 Å². The van der Waals surface area contributed by atoms with Crippen LogP contribution in [-0.2, 0) is 10.5 Å². The van der Waals surface area contributed by atoms with Gasteiger partial charge in [0.25, 0.3) is 0 Å². The minimum absolute atomic E-state index is 0.306. The Kier molecular flexibility index (Phi) is 4.51. The summed E-state index contributed by atoms with van der Waals surface area (Å²) in [6, 6.07) is 10.6. The largest absolute Gasteiger partial charge is 0.355 e. The molecule has 1 aliphatic heterocycles. The summed E-state index contributed by atoms with van der Waals surface area (Å²) in [6.45, 7) is 3.96. The van der Waals surface area contributed by atoms with E-state index < -0.39 is 0 Å². The minimum Gasteiger partial charge on any atom is -0.355 e. The molecule has 2 aromatic rings. The highest BCUT2D eigenvalue weighted by molar-refractivity contribution is 5.79. The zero-order valence-electron chi connectivity index (χ0n) is 12.8. The van der Waals surface area contributed by atoms with Crippen LogP contribution in [0.15, 0.2) is 36.5 Å². The predicted molar refractivity (Wildman–Crippen MR) is 86.1 cm³/mol. The van der Waals surface area contributed by atoms with Gasteiger partial charge in [0, 0.05) is 23.7 Å². The van der Waals surface area contributed by atoms with Gasteiger partial charge in [-0.1, -0.05) is 44.4 Å². The molecule has 0 saturated carbocycles. The number of nitrogens with one attached hydrogen (secondary N) is 1. The van der Waals surface area contributed by atoms with Crippen LogP contribution in [0.25, 0.3) is 10.9 Å². The Morgan fingerprint density at radius 3 is 3.00 bits per heavy atom. The summed E-state index contributed by atoms with van der Waals surface area (Å²) in [7, 11) is 0. The Bertz CT molecular complexity index is 591. The maximum absolute atomic E-state index is 6.12. The summed E-state index contributed by atoms with van der Waals surface area (Å²) in [5.41, 5.74) is 1.95. The third-order valence-electron chi connectivity index (χ3n) is 4.32. The second-order valence-corrected chi connectivity index (χ2v) is 5.82. The lowest BCUT2D eigenvalue weighted by molar-refractivity contribution is -0.0238. The van der Waals surface area contributed by atoms with E-state index in [4.69, 9.17) is 4.74 Å². The third-order valence-corrected chi connectivity index (χ3v) is 4.32. The summed E-state index contributed by atoms with van der Waals surface area (Å²) in [5.74, 6) is 0. The number of ether oxygens (including phenoxy) is 1. The highest BCUT2D eigenvalue weighted by Crippen LogP contribution is 2.33. The van der Waals surface area contributed by atoms with Crippen molar-refractivity contribution in [3.8, 4) is 0 Å². The van der Waals surface area contributed by atoms with E-state index in [1.54, 1.807) is 0 Å². The molecule has 0 aliphatic carbocycles. The van der Waals surface area contributed by atoms with Crippen LogP contribution in [0.1, 0.15) is 44.6 Å². The first kappa shape index (κ1) is 14.5. The number of pyridine rings is 1. The first-order valence-corrected chi connectivity index (χ1v) is 8.08. The summed E-state index contributed by atoms with van der Waals surface area (Å²) in [5, 5.41) is 4.76. The van der Waals surface area contributed by atoms with Crippen molar-refractivity contribution in [1.82, 2.24) is 10.3 Å². The molecule has 1 atom stereocenters. The van der Waals surface area contributed by atoms with Crippen molar-refractivity contribution in [2.45, 2.75) is 44.8 Å². The molecule has 0 amide bonds. The van der Waals surface area contributed by atoms with Crippen LogP contribution in [0.2, 0.25) is 0 Å². The number of hydrogen-bond acceptors (Lipinski definition) is 3. The summed E-state index contributed by atoms with van der Waals surface area (Å²) < 4.78 is 6.12. The van der Waals surface area contributed by atoms with Crippen LogP contribution >= 0.6 is 0 Å². The number of aromatic nitrogens is 1. The molecular formula is C18H24N2O. The van der Waals surface area contributed by atoms with Crippen molar-refractivity contribution in [3.05, 3.63) is 42.1 Å². The standard InChI is InChI=1S/C18H24N2O/c1-2-3-4-5-10-18(20-12-13-21-18)16-9-8-15-7-6-11-19-17(15)14-16/h6-9,11,14,20H,2-5,10,12-13H2,1H3. The van der Waals surface area contributed by atoms with Gasteiger partial charge in [0.05, 0.1) is 12.1 Å². The molecule has 1 N–H and O–H groups in total. The summed E-state index contributed by atoms with van der Waals surface area (Å²) >= 11 is 0. The van der Waals surface area contributed by atoms with Crippen LogP contribution in [0, 0.1) is 0 Å². The lowest BCUT2D eigenvalue weighted by Gasteiger charge is -2.29. The molecular weight excluding hydrogens is 260 g/mol. The highest BCUT2D eigenvalue weighted by atomic mass is 16.5. The Hall–Kier alpha value is -1.45. The fraction of sp³-hybridized carbons (Fsp3) is 0.500. The van der Waals surface area contributed by atoms with Gasteiger partial charge in [0.2, 0.25) is 0 Å². The molecule has 0 radical (unpaired) electrons. The molecule has 3 nitrogen and oxygen atoms in total. The minimum atomic E-state index is -0.306. The van der Waals surface area contributed by atoms with E-state index in [1.807, 2.05) is 12.3 Å². The molecule has 3 rings (SSSR count). The van der Waals surface area contributed by atoms with Crippen LogP contribution in [0.4, 0.5) is 0 Å². The number of rotatable bonds is 6. The smallest absolute Gasteiger partial charge is 0.145 e. The monoisotopic (exact) mass is 284 g/mol. The highest BCUT2D eigenvalue weighted by Gasteiger charge is 2.36. The van der Waals surface area contributed by atoms with Crippen LogP contribution in [0.3, 0.4) is 0 Å². The summed E-state index contributed by atoms with van der Waals surface area (Å²) in [4.78, 5) is 4.47. The lowest BCUT2D eigenvalue weighted by Crippen LogP contribution is -2.38. The molecule has 1 fully saturated rings. The molecule has 3 heteroatoms. The number of unbranched alkanes of at least 4 members (excludes halogenated alkanes) is 3. The van der Waals surface area contributed by atoms with E-state index in [1.165, 1.54) is 36.6 Å². The number of fused-ring (bicyclic) bond motifs is 1. The van der Waals surface area contributed by atoms with E-state index in [9.17, 15) is 0 Å². The molecule has 1 aromatic heterocycles. The zero-order chi connectivity index (χ0) is 14.5. The third kappa shape index (κ3) is 3.09. The average Bonchev–Trinajstić information content (AvgIpc) is 3.01. The van der Waals surface area contributed by atoms with Crippen LogP contribution in [-0.4, -0.2) is 18.1 Å². The van der Waals surface area contributed by atoms with Crippen molar-refractivity contribution < 1.29 is 4.74 Å². The summed E-state index contributed by atoms with van der Waals surface area (Å²) in [6.07, 6.45) is 7.92. The average molecular weight is 284 g/mol. The quantitative estimate of drug-likeness (QED) is 0.815. The predicted octanol–water partition coefficient (Wildman–Crippen LogP) is 3.98. The Labute approximate surface area is 126 Å². The second-order valence-electron chi connectivity index (χ2n) is 5.82. The maximum Gasteiger partial charge on any atom is 0.145 e. The van der Waals surface area contributed by atoms with Gasteiger partial charge in [-0.05, 0) is 25.0 Å². The molecule has 0 spiro atoms. The van der Waals surface area contributed by atoms with Gasteiger partial charge in [0.1, 0.15) is 5.72 Å². The van der Waals surface area contributed by atoms with Gasteiger partial charge in [0.15, 0.2) is 0 Å². The molecule has 2 heterocycles. The molecule has 0 bridgehead atoms. The molecule has 112 valence electrons. The van der Waals surface area contributed by atoms with E-state index in [0.29, 0.717) is 0 Å². The lowest BCUT2D eigenvalue weighted by atomic mass is 9.95. The molecule has 1 aliphatic rings. The Balaban J connectivity index is 1.84. The fourth-order valence-corrected chi connectivity index (χ4v) is 3.14. The number of hydrogen-bond donors (Lipinski definition) is 1. The van der Waals surface area contributed by atoms with E-state index in [-0.39, 0.29) is 5.72 Å². The van der Waals surface area contributed by atoms with Crippen molar-refractivity contribution in [2.75, 3.05) is 13.2 Å². The normalized spacial score (nSPS) is 22.0. The first-order valence-electron chi connectivity index (χ1n) is 8.08. The van der Waals surface area contributed by atoms with E-state index in [2.05, 4.69) is 41.5 Å². The topological polar surface area (TPSA) is 34.2 Å². The van der Waals surface area contributed by atoms with Gasteiger partial charge in [-0.2, -0.15) is 0 Å².